The number of anilines is 2. The van der Waals surface area contributed by atoms with E-state index in [1.165, 1.54) is 31.9 Å². The lowest BCUT2D eigenvalue weighted by Crippen LogP contribution is -2.49. The molecule has 0 saturated carbocycles. The molecule has 4 heterocycles. The first-order valence-electron chi connectivity index (χ1n) is 9.34. The number of aromatic nitrogens is 3. The number of hydrogen-bond acceptors (Lipinski definition) is 7. The Labute approximate surface area is 152 Å². The number of carbonyl (C=O) groups excluding carboxylic acids is 1. The number of furan rings is 1. The minimum atomic E-state index is -0.0630. The summed E-state index contributed by atoms with van der Waals surface area (Å²) in [7, 11) is 0. The van der Waals surface area contributed by atoms with Gasteiger partial charge < -0.3 is 19.1 Å². The second-order valence-electron chi connectivity index (χ2n) is 6.77. The maximum absolute atomic E-state index is 12.4. The third kappa shape index (κ3) is 3.63. The predicted octanol–water partition coefficient (Wildman–Crippen LogP) is 1.81. The quantitative estimate of drug-likeness (QED) is 0.830. The summed E-state index contributed by atoms with van der Waals surface area (Å²) in [6.45, 7) is 4.69. The lowest BCUT2D eigenvalue weighted by atomic mass is 10.2. The van der Waals surface area contributed by atoms with E-state index in [0.29, 0.717) is 37.9 Å². The van der Waals surface area contributed by atoms with Crippen LogP contribution < -0.4 is 9.80 Å². The van der Waals surface area contributed by atoms with Gasteiger partial charge in [0, 0.05) is 39.3 Å². The highest BCUT2D eigenvalue weighted by Crippen LogP contribution is 2.19. The van der Waals surface area contributed by atoms with E-state index < -0.39 is 0 Å². The summed E-state index contributed by atoms with van der Waals surface area (Å²) in [4.78, 5) is 23.3. The van der Waals surface area contributed by atoms with Gasteiger partial charge in [-0.2, -0.15) is 10.1 Å². The standard InChI is InChI=1S/C18H24N6O2/c25-17(15-6-5-13-26-15)23-9-11-24(12-10-23)18-20-16(14-19-21-18)22-7-3-1-2-4-8-22/h5-6,13-14H,1-4,7-12H2. The van der Waals surface area contributed by atoms with Crippen molar-refractivity contribution in [3.63, 3.8) is 0 Å². The molecule has 2 fully saturated rings. The molecule has 0 radical (unpaired) electrons. The van der Waals surface area contributed by atoms with Crippen molar-refractivity contribution in [1.29, 1.82) is 0 Å². The average Bonchev–Trinajstić information content (AvgIpc) is 3.10. The van der Waals surface area contributed by atoms with Gasteiger partial charge in [0.1, 0.15) is 0 Å². The third-order valence-electron chi connectivity index (χ3n) is 5.05. The van der Waals surface area contributed by atoms with Crippen LogP contribution >= 0.6 is 0 Å². The van der Waals surface area contributed by atoms with Crippen molar-refractivity contribution in [2.24, 2.45) is 0 Å². The summed E-state index contributed by atoms with van der Waals surface area (Å²) in [5.41, 5.74) is 0. The second-order valence-corrected chi connectivity index (χ2v) is 6.77. The van der Waals surface area contributed by atoms with E-state index in [1.807, 2.05) is 0 Å². The molecule has 1 amide bonds. The lowest BCUT2D eigenvalue weighted by molar-refractivity contribution is 0.0714. The van der Waals surface area contributed by atoms with Gasteiger partial charge in [-0.05, 0) is 25.0 Å². The zero-order chi connectivity index (χ0) is 17.8. The number of hydrogen-bond donors (Lipinski definition) is 0. The van der Waals surface area contributed by atoms with E-state index in [1.54, 1.807) is 23.2 Å². The Kier molecular flexibility index (Phi) is 4.99. The van der Waals surface area contributed by atoms with Crippen LogP contribution in [0, 0.1) is 0 Å². The number of rotatable bonds is 3. The summed E-state index contributed by atoms with van der Waals surface area (Å²) in [6, 6.07) is 3.43. The first kappa shape index (κ1) is 16.8. The molecule has 2 aliphatic rings. The number of amides is 1. The Hall–Kier alpha value is -2.64. The highest BCUT2D eigenvalue weighted by Gasteiger charge is 2.25. The summed E-state index contributed by atoms with van der Waals surface area (Å²) in [6.07, 6.45) is 8.25. The zero-order valence-electron chi connectivity index (χ0n) is 14.9. The zero-order valence-corrected chi connectivity index (χ0v) is 14.9. The summed E-state index contributed by atoms with van der Waals surface area (Å²) >= 11 is 0. The van der Waals surface area contributed by atoms with Crippen LogP contribution in [-0.2, 0) is 0 Å². The molecule has 8 heteroatoms. The van der Waals surface area contributed by atoms with Crippen LogP contribution in [0.3, 0.4) is 0 Å². The van der Waals surface area contributed by atoms with Gasteiger partial charge in [-0.3, -0.25) is 4.79 Å². The molecule has 2 saturated heterocycles. The molecule has 0 unspecified atom stereocenters. The molecule has 0 atom stereocenters. The topological polar surface area (TPSA) is 78.6 Å². The fourth-order valence-corrected chi connectivity index (χ4v) is 3.54. The average molecular weight is 356 g/mol. The fourth-order valence-electron chi connectivity index (χ4n) is 3.54. The van der Waals surface area contributed by atoms with E-state index in [9.17, 15) is 4.79 Å². The molecule has 8 nitrogen and oxygen atoms in total. The van der Waals surface area contributed by atoms with Crippen molar-refractivity contribution < 1.29 is 9.21 Å². The Morgan fingerprint density at radius 3 is 2.42 bits per heavy atom. The normalized spacial score (nSPS) is 18.7. The first-order chi connectivity index (χ1) is 12.8. The minimum absolute atomic E-state index is 0.0630. The Balaban J connectivity index is 1.40. The molecule has 0 aliphatic carbocycles. The van der Waals surface area contributed by atoms with Gasteiger partial charge in [0.05, 0.1) is 12.5 Å². The molecule has 0 spiro atoms. The molecular weight excluding hydrogens is 332 g/mol. The van der Waals surface area contributed by atoms with Gasteiger partial charge in [-0.1, -0.05) is 12.8 Å². The van der Waals surface area contributed by atoms with Crippen LogP contribution in [0.1, 0.15) is 36.2 Å². The van der Waals surface area contributed by atoms with Crippen LogP contribution in [0.4, 0.5) is 11.8 Å². The molecule has 4 rings (SSSR count). The van der Waals surface area contributed by atoms with Gasteiger partial charge in [-0.25, -0.2) is 0 Å². The van der Waals surface area contributed by atoms with Crippen molar-refractivity contribution in [2.45, 2.75) is 25.7 Å². The highest BCUT2D eigenvalue weighted by molar-refractivity contribution is 5.91. The van der Waals surface area contributed by atoms with E-state index in [2.05, 4.69) is 20.0 Å². The van der Waals surface area contributed by atoms with Crippen molar-refractivity contribution in [1.82, 2.24) is 20.1 Å². The van der Waals surface area contributed by atoms with Gasteiger partial charge in [0.2, 0.25) is 5.95 Å². The molecule has 0 bridgehead atoms. The molecule has 26 heavy (non-hydrogen) atoms. The van der Waals surface area contributed by atoms with Gasteiger partial charge >= 0.3 is 0 Å². The largest absolute Gasteiger partial charge is 0.459 e. The van der Waals surface area contributed by atoms with Crippen molar-refractivity contribution in [3.8, 4) is 0 Å². The monoisotopic (exact) mass is 356 g/mol. The molecule has 0 aromatic carbocycles. The summed E-state index contributed by atoms with van der Waals surface area (Å²) in [5, 5.41) is 8.39. The SMILES string of the molecule is O=C(c1ccco1)N1CCN(c2nncc(N3CCCCCC3)n2)CC1. The minimum Gasteiger partial charge on any atom is -0.459 e. The molecular formula is C18H24N6O2. The maximum Gasteiger partial charge on any atom is 0.289 e. The van der Waals surface area contributed by atoms with Crippen molar-refractivity contribution in [3.05, 3.63) is 30.4 Å². The van der Waals surface area contributed by atoms with Crippen LogP contribution in [0.15, 0.2) is 29.0 Å². The Morgan fingerprint density at radius 2 is 1.73 bits per heavy atom. The van der Waals surface area contributed by atoms with Crippen LogP contribution in [0.2, 0.25) is 0 Å². The highest BCUT2D eigenvalue weighted by atomic mass is 16.3. The second kappa shape index (κ2) is 7.72. The Bertz CT molecular complexity index is 719. The third-order valence-corrected chi connectivity index (χ3v) is 5.05. The smallest absolute Gasteiger partial charge is 0.289 e. The Morgan fingerprint density at radius 1 is 0.962 bits per heavy atom. The summed E-state index contributed by atoms with van der Waals surface area (Å²) < 4.78 is 5.21. The fraction of sp³-hybridized carbons (Fsp3) is 0.556. The maximum atomic E-state index is 12.4. The number of carbonyl (C=O) groups is 1. The van der Waals surface area contributed by atoms with Gasteiger partial charge in [0.25, 0.3) is 5.91 Å². The summed E-state index contributed by atoms with van der Waals surface area (Å²) in [5.74, 6) is 1.88. The van der Waals surface area contributed by atoms with Crippen LogP contribution in [0.25, 0.3) is 0 Å². The molecule has 138 valence electrons. The lowest BCUT2D eigenvalue weighted by Gasteiger charge is -2.34. The number of nitrogens with zero attached hydrogens (tertiary/aromatic N) is 6. The van der Waals surface area contributed by atoms with E-state index >= 15 is 0 Å². The molecule has 0 N–H and O–H groups in total. The van der Waals surface area contributed by atoms with E-state index in [0.717, 1.165) is 18.9 Å². The number of piperazine rings is 1. The molecule has 2 aromatic heterocycles. The predicted molar refractivity (Wildman–Crippen MR) is 97.3 cm³/mol. The van der Waals surface area contributed by atoms with Gasteiger partial charge in [-0.15, -0.1) is 5.10 Å². The van der Waals surface area contributed by atoms with E-state index in [-0.39, 0.29) is 5.91 Å². The van der Waals surface area contributed by atoms with Crippen molar-refractivity contribution in [2.75, 3.05) is 49.1 Å². The molecule has 2 aromatic rings. The van der Waals surface area contributed by atoms with Crippen LogP contribution in [0.5, 0.6) is 0 Å². The molecule has 2 aliphatic heterocycles. The van der Waals surface area contributed by atoms with E-state index in [4.69, 9.17) is 9.40 Å². The van der Waals surface area contributed by atoms with Gasteiger partial charge in [0.15, 0.2) is 11.6 Å². The van der Waals surface area contributed by atoms with Crippen molar-refractivity contribution >= 4 is 17.7 Å². The first-order valence-corrected chi connectivity index (χ1v) is 9.34. The van der Waals surface area contributed by atoms with Crippen LogP contribution in [-0.4, -0.2) is 65.3 Å².